The van der Waals surface area contributed by atoms with E-state index in [0.717, 1.165) is 6.54 Å². The van der Waals surface area contributed by atoms with Gasteiger partial charge in [0.1, 0.15) is 6.61 Å². The first-order valence-corrected chi connectivity index (χ1v) is 7.62. The Morgan fingerprint density at radius 3 is 2.41 bits per heavy atom. The topological polar surface area (TPSA) is 65.9 Å². The number of nitrogens with zero attached hydrogens (tertiary/aromatic N) is 1. The highest BCUT2D eigenvalue weighted by Gasteiger charge is 2.09. The Hall–Kier alpha value is -0.150. The Labute approximate surface area is 162 Å². The van der Waals surface area contributed by atoms with Crippen LogP contribution in [0, 0.1) is 0 Å². The van der Waals surface area contributed by atoms with Gasteiger partial charge in [-0.15, -0.1) is 24.0 Å². The number of aliphatic hydroxyl groups excluding tert-OH is 1. The van der Waals surface area contributed by atoms with Gasteiger partial charge in [0.25, 0.3) is 0 Å². The number of rotatable bonds is 7. The van der Waals surface area contributed by atoms with E-state index < -0.39 is 0 Å². The van der Waals surface area contributed by atoms with Crippen molar-refractivity contribution >= 4 is 64.7 Å². The number of halogens is 4. The van der Waals surface area contributed by atoms with Gasteiger partial charge in [-0.2, -0.15) is 0 Å². The van der Waals surface area contributed by atoms with Crippen LogP contribution < -0.4 is 15.4 Å². The zero-order valence-corrected chi connectivity index (χ0v) is 16.6. The van der Waals surface area contributed by atoms with E-state index >= 15 is 0 Å². The number of nitrogens with one attached hydrogen (secondary N) is 2. The van der Waals surface area contributed by atoms with Crippen LogP contribution in [0.3, 0.4) is 0 Å². The van der Waals surface area contributed by atoms with Crippen molar-refractivity contribution in [3.05, 3.63) is 27.2 Å². The summed E-state index contributed by atoms with van der Waals surface area (Å²) in [6, 6.07) is 3.15. The summed E-state index contributed by atoms with van der Waals surface area (Å²) < 4.78 is 5.54. The Morgan fingerprint density at radius 2 is 1.86 bits per heavy atom. The lowest BCUT2D eigenvalue weighted by atomic mass is 10.3. The molecule has 0 fully saturated rings. The molecule has 0 aliphatic heterocycles. The highest BCUT2D eigenvalue weighted by molar-refractivity contribution is 14.0. The van der Waals surface area contributed by atoms with E-state index in [4.69, 9.17) is 44.6 Å². The maximum absolute atomic E-state index is 8.76. The van der Waals surface area contributed by atoms with Crippen LogP contribution in [0.15, 0.2) is 17.1 Å². The number of aliphatic imine (C=N–C) groups is 1. The van der Waals surface area contributed by atoms with Gasteiger partial charge in [0.2, 0.25) is 0 Å². The molecule has 5 nitrogen and oxygen atoms in total. The van der Waals surface area contributed by atoms with E-state index in [9.17, 15) is 0 Å². The van der Waals surface area contributed by atoms with Crippen LogP contribution >= 0.6 is 58.8 Å². The molecule has 1 aromatic rings. The minimum Gasteiger partial charge on any atom is -0.489 e. The minimum absolute atomic E-state index is 0. The van der Waals surface area contributed by atoms with Gasteiger partial charge in [-0.1, -0.05) is 34.8 Å². The van der Waals surface area contributed by atoms with Crippen molar-refractivity contribution in [3.63, 3.8) is 0 Å². The standard InChI is InChI=1S/C13H18Cl3N3O2.HI/c1-2-17-13(18-3-5-20)19-4-6-21-12-10(15)7-9(14)8-11(12)16;/h7-8,20H,2-6H2,1H3,(H2,17,18,19);1H. The van der Waals surface area contributed by atoms with Crippen molar-refractivity contribution in [2.24, 2.45) is 4.99 Å². The molecule has 0 aromatic heterocycles. The lowest BCUT2D eigenvalue weighted by Gasteiger charge is -2.13. The lowest BCUT2D eigenvalue weighted by Crippen LogP contribution is -2.39. The average Bonchev–Trinajstić information content (AvgIpc) is 2.42. The summed E-state index contributed by atoms with van der Waals surface area (Å²) in [5, 5.41) is 16.1. The minimum atomic E-state index is 0. The molecule has 0 saturated heterocycles. The summed E-state index contributed by atoms with van der Waals surface area (Å²) in [5.74, 6) is 1.02. The van der Waals surface area contributed by atoms with Crippen LogP contribution in [-0.4, -0.2) is 43.9 Å². The molecule has 0 spiro atoms. The van der Waals surface area contributed by atoms with Gasteiger partial charge in [-0.05, 0) is 19.1 Å². The number of guanidine groups is 1. The molecule has 0 saturated carbocycles. The third-order valence-electron chi connectivity index (χ3n) is 2.32. The number of benzene rings is 1. The monoisotopic (exact) mass is 481 g/mol. The van der Waals surface area contributed by atoms with Crippen LogP contribution in [0.5, 0.6) is 5.75 Å². The van der Waals surface area contributed by atoms with Crippen LogP contribution in [0.25, 0.3) is 0 Å². The second kappa shape index (κ2) is 12.3. The van der Waals surface area contributed by atoms with Gasteiger partial charge in [-0.3, -0.25) is 4.99 Å². The third kappa shape index (κ3) is 7.92. The highest BCUT2D eigenvalue weighted by atomic mass is 127. The normalized spacial score (nSPS) is 10.9. The molecular weight excluding hydrogens is 463 g/mol. The van der Waals surface area contributed by atoms with E-state index in [2.05, 4.69) is 15.6 Å². The summed E-state index contributed by atoms with van der Waals surface area (Å²) in [6.45, 7) is 3.89. The van der Waals surface area contributed by atoms with E-state index in [1.807, 2.05) is 6.92 Å². The fraction of sp³-hybridized carbons (Fsp3) is 0.462. The predicted octanol–water partition coefficient (Wildman–Crippen LogP) is 3.19. The second-order valence-electron chi connectivity index (χ2n) is 3.96. The van der Waals surface area contributed by atoms with Gasteiger partial charge in [0, 0.05) is 11.6 Å². The molecule has 22 heavy (non-hydrogen) atoms. The maximum atomic E-state index is 8.76. The number of aliphatic hydroxyl groups is 1. The molecule has 0 radical (unpaired) electrons. The zero-order chi connectivity index (χ0) is 15.7. The summed E-state index contributed by atoms with van der Waals surface area (Å²) >= 11 is 17.9. The van der Waals surface area contributed by atoms with Crippen LogP contribution in [0.2, 0.25) is 15.1 Å². The van der Waals surface area contributed by atoms with E-state index in [1.54, 1.807) is 12.1 Å². The van der Waals surface area contributed by atoms with Gasteiger partial charge in [0.15, 0.2) is 11.7 Å². The van der Waals surface area contributed by atoms with Gasteiger partial charge < -0.3 is 20.5 Å². The van der Waals surface area contributed by atoms with Gasteiger partial charge >= 0.3 is 0 Å². The first-order valence-electron chi connectivity index (χ1n) is 6.48. The Balaban J connectivity index is 0.00000441. The van der Waals surface area contributed by atoms with Crippen molar-refractivity contribution in [2.75, 3.05) is 32.8 Å². The fourth-order valence-corrected chi connectivity index (χ4v) is 2.42. The quantitative estimate of drug-likeness (QED) is 0.242. The molecule has 0 atom stereocenters. The smallest absolute Gasteiger partial charge is 0.191 e. The lowest BCUT2D eigenvalue weighted by molar-refractivity contribution is 0.306. The first kappa shape index (κ1) is 21.9. The third-order valence-corrected chi connectivity index (χ3v) is 3.10. The molecular formula is C13H19Cl3IN3O2. The van der Waals surface area contributed by atoms with Crippen molar-refractivity contribution in [2.45, 2.75) is 6.92 Å². The van der Waals surface area contributed by atoms with Gasteiger partial charge in [0.05, 0.1) is 29.7 Å². The molecule has 126 valence electrons. The molecule has 0 bridgehead atoms. The van der Waals surface area contributed by atoms with Crippen LogP contribution in [-0.2, 0) is 0 Å². The molecule has 0 amide bonds. The average molecular weight is 483 g/mol. The molecule has 0 aliphatic rings. The predicted molar refractivity (Wildman–Crippen MR) is 103 cm³/mol. The molecule has 1 aromatic carbocycles. The van der Waals surface area contributed by atoms with Crippen molar-refractivity contribution in [3.8, 4) is 5.75 Å². The summed E-state index contributed by atoms with van der Waals surface area (Å²) in [7, 11) is 0. The second-order valence-corrected chi connectivity index (χ2v) is 5.21. The maximum Gasteiger partial charge on any atom is 0.191 e. The number of ether oxygens (including phenoxy) is 1. The van der Waals surface area contributed by atoms with E-state index in [-0.39, 0.29) is 30.6 Å². The van der Waals surface area contributed by atoms with E-state index in [0.29, 0.717) is 46.5 Å². The molecule has 0 heterocycles. The van der Waals surface area contributed by atoms with E-state index in [1.165, 1.54) is 0 Å². The Kier molecular flexibility index (Phi) is 12.2. The summed E-state index contributed by atoms with van der Waals surface area (Å²) in [5.41, 5.74) is 0. The highest BCUT2D eigenvalue weighted by Crippen LogP contribution is 2.35. The van der Waals surface area contributed by atoms with Crippen molar-refractivity contribution in [1.29, 1.82) is 0 Å². The molecule has 3 N–H and O–H groups in total. The molecule has 1 rings (SSSR count). The zero-order valence-electron chi connectivity index (χ0n) is 12.0. The summed E-state index contributed by atoms with van der Waals surface area (Å²) in [6.07, 6.45) is 0. The first-order chi connectivity index (χ1) is 10.1. The van der Waals surface area contributed by atoms with Crippen LogP contribution in [0.4, 0.5) is 0 Å². The van der Waals surface area contributed by atoms with Crippen LogP contribution in [0.1, 0.15) is 6.92 Å². The molecule has 9 heteroatoms. The molecule has 0 unspecified atom stereocenters. The Morgan fingerprint density at radius 1 is 1.23 bits per heavy atom. The van der Waals surface area contributed by atoms with Crippen molar-refractivity contribution in [1.82, 2.24) is 10.6 Å². The van der Waals surface area contributed by atoms with Gasteiger partial charge in [-0.25, -0.2) is 0 Å². The number of hydrogen-bond acceptors (Lipinski definition) is 3. The van der Waals surface area contributed by atoms with Crippen molar-refractivity contribution < 1.29 is 9.84 Å². The SMILES string of the molecule is CCNC(=NCCO)NCCOc1c(Cl)cc(Cl)cc1Cl.I. The Bertz CT molecular complexity index is 467. The largest absolute Gasteiger partial charge is 0.489 e. The number of hydrogen-bond donors (Lipinski definition) is 3. The summed E-state index contributed by atoms with van der Waals surface area (Å²) in [4.78, 5) is 4.14. The molecule has 0 aliphatic carbocycles. The fourth-order valence-electron chi connectivity index (χ4n) is 1.49.